The van der Waals surface area contributed by atoms with Crippen molar-refractivity contribution in [3.8, 4) is 5.75 Å². The smallest absolute Gasteiger partial charge is 0.414 e. The highest BCUT2D eigenvalue weighted by Gasteiger charge is 2.66. The molecule has 7 rings (SSSR count). The summed E-state index contributed by atoms with van der Waals surface area (Å²) in [4.78, 5) is 47.0. The summed E-state index contributed by atoms with van der Waals surface area (Å²) in [6.07, 6.45) is -0.977. The number of aliphatic hydroxyl groups excluding tert-OH is 1. The molecule has 10 nitrogen and oxygen atoms in total. The molecule has 3 aliphatic rings. The fourth-order valence-electron chi connectivity index (χ4n) is 8.79. The fraction of sp³-hybridized carbons (Fsp3) is 0.357. The van der Waals surface area contributed by atoms with Gasteiger partial charge >= 0.3 is 6.09 Å². The van der Waals surface area contributed by atoms with E-state index in [0.29, 0.717) is 41.7 Å². The minimum absolute atomic E-state index is 0.0351. The summed E-state index contributed by atoms with van der Waals surface area (Å²) >= 11 is 6.70. The van der Waals surface area contributed by atoms with Crippen LogP contribution in [0.2, 0.25) is 23.7 Å². The summed E-state index contributed by atoms with van der Waals surface area (Å²) in [7, 11) is -0.901. The molecule has 4 aromatic carbocycles. The molecule has 3 aliphatic heterocycles. The van der Waals surface area contributed by atoms with Crippen LogP contribution in [0.5, 0.6) is 5.75 Å². The van der Waals surface area contributed by atoms with Crippen molar-refractivity contribution in [2.75, 3.05) is 43.2 Å². The maximum Gasteiger partial charge on any atom is 0.414 e. The predicted molar refractivity (Wildman–Crippen MR) is 211 cm³/mol. The third-order valence-corrected chi connectivity index (χ3v) is 16.0. The van der Waals surface area contributed by atoms with Crippen LogP contribution in [0.3, 0.4) is 0 Å². The van der Waals surface area contributed by atoms with Crippen LogP contribution in [-0.4, -0.2) is 75.5 Å². The molecule has 0 aliphatic carbocycles. The Morgan fingerprint density at radius 3 is 2.43 bits per heavy atom. The summed E-state index contributed by atoms with van der Waals surface area (Å²) in [6, 6.07) is 30.8. The number of nitrogens with zero attached hydrogens (tertiary/aromatic N) is 3. The number of aliphatic hydroxyl groups is 1. The van der Waals surface area contributed by atoms with Crippen molar-refractivity contribution in [1.29, 1.82) is 0 Å². The van der Waals surface area contributed by atoms with Crippen LogP contribution in [0.4, 0.5) is 16.2 Å². The van der Waals surface area contributed by atoms with Crippen molar-refractivity contribution in [2.24, 2.45) is 5.92 Å². The number of carbonyl (C=O) groups excluding carboxylic acids is 3. The first-order valence-corrected chi connectivity index (χ1v) is 21.8. The van der Waals surface area contributed by atoms with Gasteiger partial charge in [0, 0.05) is 35.3 Å². The lowest BCUT2D eigenvalue weighted by Gasteiger charge is -2.37. The van der Waals surface area contributed by atoms with E-state index in [1.54, 1.807) is 27.9 Å². The summed E-state index contributed by atoms with van der Waals surface area (Å²) in [5.41, 5.74) is 2.28. The summed E-state index contributed by atoms with van der Waals surface area (Å²) in [5.74, 6) is 0.0330. The van der Waals surface area contributed by atoms with Gasteiger partial charge in [-0.3, -0.25) is 14.5 Å². The van der Waals surface area contributed by atoms with Gasteiger partial charge in [-0.25, -0.2) is 4.79 Å². The number of benzene rings is 4. The van der Waals surface area contributed by atoms with Gasteiger partial charge in [-0.1, -0.05) is 91.4 Å². The van der Waals surface area contributed by atoms with Crippen LogP contribution >= 0.6 is 11.6 Å². The molecule has 282 valence electrons. The normalized spacial score (nSPS) is 22.1. The highest BCUT2D eigenvalue weighted by molar-refractivity contribution is 6.91. The Labute approximate surface area is 322 Å². The molecule has 2 saturated heterocycles. The second-order valence-electron chi connectivity index (χ2n) is 14.9. The minimum Gasteiger partial charge on any atom is -0.497 e. The number of rotatable bonds is 12. The third-order valence-electron chi connectivity index (χ3n) is 11.4. The topological polar surface area (TPSA) is 109 Å². The molecule has 3 amide bonds. The molecular weight excluding hydrogens is 722 g/mol. The van der Waals surface area contributed by atoms with Gasteiger partial charge < -0.3 is 29.1 Å². The van der Waals surface area contributed by atoms with Gasteiger partial charge in [0.1, 0.15) is 12.4 Å². The fourth-order valence-corrected chi connectivity index (χ4v) is 13.0. The highest BCUT2D eigenvalue weighted by atomic mass is 35.5. The number of methoxy groups -OCH3 is 1. The Morgan fingerprint density at radius 2 is 1.74 bits per heavy atom. The molecule has 0 radical (unpaired) electrons. The molecule has 4 aromatic rings. The van der Waals surface area contributed by atoms with Crippen LogP contribution < -0.4 is 19.7 Å². The molecule has 0 aromatic heterocycles. The lowest BCUT2D eigenvalue weighted by molar-refractivity contribution is -0.150. The summed E-state index contributed by atoms with van der Waals surface area (Å²) < 4.78 is 17.8. The molecule has 3 heterocycles. The van der Waals surface area contributed by atoms with Crippen molar-refractivity contribution in [3.63, 3.8) is 0 Å². The van der Waals surface area contributed by atoms with E-state index in [4.69, 9.17) is 25.8 Å². The van der Waals surface area contributed by atoms with E-state index in [2.05, 4.69) is 32.2 Å². The van der Waals surface area contributed by atoms with Gasteiger partial charge in [0.05, 0.1) is 53.1 Å². The van der Waals surface area contributed by atoms with Gasteiger partial charge in [0.25, 0.3) is 5.91 Å². The number of amides is 3. The Kier molecular flexibility index (Phi) is 10.6. The van der Waals surface area contributed by atoms with Gasteiger partial charge in [-0.05, 0) is 59.1 Å². The third kappa shape index (κ3) is 6.78. The zero-order valence-corrected chi connectivity index (χ0v) is 32.8. The lowest BCUT2D eigenvalue weighted by atomic mass is 9.82. The average molecular weight is 768 g/mol. The second kappa shape index (κ2) is 15.2. The Morgan fingerprint density at radius 1 is 1.00 bits per heavy atom. The first kappa shape index (κ1) is 37.6. The zero-order chi connectivity index (χ0) is 38.2. The van der Waals surface area contributed by atoms with Gasteiger partial charge in [0.15, 0.2) is 5.60 Å². The maximum atomic E-state index is 15.3. The summed E-state index contributed by atoms with van der Waals surface area (Å²) in [5, 5.41) is 11.6. The molecule has 12 heteroatoms. The number of carbonyl (C=O) groups is 3. The monoisotopic (exact) mass is 767 g/mol. The Balaban J connectivity index is 1.28. The number of ether oxygens (including phenoxy) is 3. The number of cyclic esters (lactones) is 1. The quantitative estimate of drug-likeness (QED) is 0.165. The molecule has 4 atom stereocenters. The van der Waals surface area contributed by atoms with Crippen molar-refractivity contribution < 1.29 is 33.7 Å². The van der Waals surface area contributed by atoms with Crippen LogP contribution in [0.15, 0.2) is 97.1 Å². The molecule has 0 unspecified atom stereocenters. The number of halogens is 1. The first-order chi connectivity index (χ1) is 26.0. The predicted octanol–water partition coefficient (Wildman–Crippen LogP) is 6.48. The van der Waals surface area contributed by atoms with Crippen LogP contribution in [0.1, 0.15) is 30.0 Å². The van der Waals surface area contributed by atoms with Crippen LogP contribution in [0, 0.1) is 5.92 Å². The summed E-state index contributed by atoms with van der Waals surface area (Å²) in [6.45, 7) is 7.97. The highest BCUT2D eigenvalue weighted by Crippen LogP contribution is 2.60. The van der Waals surface area contributed by atoms with Gasteiger partial charge in [-0.2, -0.15) is 0 Å². The van der Waals surface area contributed by atoms with E-state index in [0.717, 1.165) is 22.1 Å². The number of hydrogen-bond donors (Lipinski definition) is 1. The SMILES string of the molecule is COc1ccc([Si](C)(C)[C@H]2[C@H](CC(=O)N(CCO)Cc3ccccc3)O[C@@]3(C(=O)N(Cc4cccc(N5CCOC5=O)c4)c4ccc(Cl)cc43)[C@@H]2C)cc1. The van der Waals surface area contributed by atoms with Crippen molar-refractivity contribution >= 4 is 54.1 Å². The molecule has 1 spiro atoms. The van der Waals surface area contributed by atoms with Gasteiger partial charge in [0.2, 0.25) is 5.91 Å². The van der Waals surface area contributed by atoms with Crippen molar-refractivity contribution in [2.45, 2.75) is 56.8 Å². The first-order valence-electron chi connectivity index (χ1n) is 18.4. The Bertz CT molecular complexity index is 2030. The molecule has 2 fully saturated rings. The standard InChI is InChI=1S/C42H46ClN3O7Si/c1-28-39(54(3,4)34-16-14-33(51-2)15-17-34)37(25-38(48)44(19-21-47)26-29-9-6-5-7-10-29)53-42(28)35-24-31(43)13-18-36(35)46(40(42)49)27-30-11-8-12-32(23-30)45-20-22-52-41(45)50/h5-18,23-24,28,37,39,47H,19-22,25-27H2,1-4H3/t28-,37+,39-,42+/m1/s1. The van der Waals surface area contributed by atoms with Gasteiger partial charge in [-0.15, -0.1) is 0 Å². The van der Waals surface area contributed by atoms with Crippen molar-refractivity contribution in [3.05, 3.63) is 119 Å². The van der Waals surface area contributed by atoms with Crippen LogP contribution in [-0.2, 0) is 37.8 Å². The van der Waals surface area contributed by atoms with E-state index >= 15 is 4.79 Å². The molecular formula is C42H46ClN3O7Si. The number of hydrogen-bond acceptors (Lipinski definition) is 7. The van der Waals surface area contributed by atoms with Crippen LogP contribution in [0.25, 0.3) is 0 Å². The van der Waals surface area contributed by atoms with E-state index in [-0.39, 0.29) is 49.4 Å². The van der Waals surface area contributed by atoms with E-state index in [1.165, 1.54) is 0 Å². The largest absolute Gasteiger partial charge is 0.497 e. The average Bonchev–Trinajstić information content (AvgIpc) is 3.80. The second-order valence-corrected chi connectivity index (χ2v) is 20.0. The Hall–Kier alpha value is -4.68. The van der Waals surface area contributed by atoms with E-state index in [9.17, 15) is 14.7 Å². The van der Waals surface area contributed by atoms with Crippen molar-refractivity contribution in [1.82, 2.24) is 4.90 Å². The number of fused-ring (bicyclic) bond motifs is 2. The molecule has 0 bridgehead atoms. The lowest BCUT2D eigenvalue weighted by Crippen LogP contribution is -2.52. The van der Waals surface area contributed by atoms with E-state index < -0.39 is 25.9 Å². The molecule has 54 heavy (non-hydrogen) atoms. The minimum atomic E-state index is -2.54. The molecule has 0 saturated carbocycles. The van der Waals surface area contributed by atoms with E-state index in [1.807, 2.05) is 78.9 Å². The molecule has 1 N–H and O–H groups in total. The maximum absolute atomic E-state index is 15.3. The number of anilines is 2. The zero-order valence-electron chi connectivity index (χ0n) is 31.0.